The number of hydrogen-bond acceptors (Lipinski definition) is 3. The van der Waals surface area contributed by atoms with Crippen molar-refractivity contribution in [2.45, 2.75) is 45.2 Å². The van der Waals surface area contributed by atoms with Crippen LogP contribution in [0.5, 0.6) is 5.75 Å². The number of aliphatic imine (C=N–C) groups is 1. The van der Waals surface area contributed by atoms with Gasteiger partial charge in [0.05, 0.1) is 7.11 Å². The highest BCUT2D eigenvalue weighted by Crippen LogP contribution is 2.22. The van der Waals surface area contributed by atoms with E-state index in [1.807, 2.05) is 25.2 Å². The third kappa shape index (κ3) is 7.12. The van der Waals surface area contributed by atoms with E-state index < -0.39 is 0 Å². The second-order valence-electron chi connectivity index (χ2n) is 6.75. The van der Waals surface area contributed by atoms with E-state index >= 15 is 0 Å². The van der Waals surface area contributed by atoms with Crippen LogP contribution in [0.25, 0.3) is 0 Å². The van der Waals surface area contributed by atoms with Crippen molar-refractivity contribution in [3.63, 3.8) is 0 Å². The average Bonchev–Trinajstić information content (AvgIpc) is 2.62. The highest BCUT2D eigenvalue weighted by atomic mass is 127. The Hall–Kier alpha value is -0.730. The molecule has 0 unspecified atom stereocenters. The standard InChI is InChI=1S/C19H31ClN4O.HI/c1-14(2)24-11-8-16(9-12-24)23-19(21-3)22-10-7-15-5-6-17(25-4)13-18(15)20;/h5-6,13-14,16H,7-12H2,1-4H3,(H2,21,22,23);1H. The molecule has 0 saturated carbocycles. The van der Waals surface area contributed by atoms with Crippen LogP contribution >= 0.6 is 35.6 Å². The number of nitrogens with zero attached hydrogens (tertiary/aromatic N) is 2. The predicted octanol–water partition coefficient (Wildman–Crippen LogP) is 3.55. The molecule has 0 spiro atoms. The summed E-state index contributed by atoms with van der Waals surface area (Å²) in [5.74, 6) is 1.65. The first-order valence-electron chi connectivity index (χ1n) is 9.07. The fourth-order valence-electron chi connectivity index (χ4n) is 3.12. The Morgan fingerprint density at radius 3 is 2.58 bits per heavy atom. The molecule has 2 rings (SSSR count). The van der Waals surface area contributed by atoms with Gasteiger partial charge in [0, 0.05) is 43.8 Å². The van der Waals surface area contributed by atoms with Gasteiger partial charge in [0.15, 0.2) is 5.96 Å². The molecular formula is C19H32ClIN4O. The summed E-state index contributed by atoms with van der Waals surface area (Å²) in [4.78, 5) is 6.87. The van der Waals surface area contributed by atoms with Gasteiger partial charge < -0.3 is 20.3 Å². The van der Waals surface area contributed by atoms with E-state index in [-0.39, 0.29) is 24.0 Å². The van der Waals surface area contributed by atoms with Crippen molar-refractivity contribution in [1.29, 1.82) is 0 Å². The summed E-state index contributed by atoms with van der Waals surface area (Å²) in [5.41, 5.74) is 1.11. The Morgan fingerprint density at radius 2 is 2.04 bits per heavy atom. The molecule has 5 nitrogen and oxygen atoms in total. The van der Waals surface area contributed by atoms with E-state index in [9.17, 15) is 0 Å². The summed E-state index contributed by atoms with van der Waals surface area (Å²) >= 11 is 6.29. The van der Waals surface area contributed by atoms with Crippen LogP contribution in [0.1, 0.15) is 32.3 Å². The Balaban J connectivity index is 0.00000338. The molecule has 0 aliphatic carbocycles. The average molecular weight is 495 g/mol. The number of methoxy groups -OCH3 is 1. The van der Waals surface area contributed by atoms with Gasteiger partial charge in [0.25, 0.3) is 0 Å². The molecule has 1 aliphatic rings. The van der Waals surface area contributed by atoms with E-state index in [1.165, 1.54) is 0 Å². The SMILES string of the molecule is CN=C(NCCc1ccc(OC)cc1Cl)NC1CCN(C(C)C)CC1.I. The lowest BCUT2D eigenvalue weighted by atomic mass is 10.0. The second-order valence-corrected chi connectivity index (χ2v) is 7.16. The number of hydrogen-bond donors (Lipinski definition) is 2. The number of guanidine groups is 1. The monoisotopic (exact) mass is 494 g/mol. The number of piperidine rings is 1. The lowest BCUT2D eigenvalue weighted by molar-refractivity contribution is 0.167. The normalized spacial score (nSPS) is 16.3. The zero-order valence-electron chi connectivity index (χ0n) is 16.2. The number of ether oxygens (including phenoxy) is 1. The number of nitrogens with one attached hydrogen (secondary N) is 2. The molecule has 1 fully saturated rings. The van der Waals surface area contributed by atoms with Gasteiger partial charge in [0.2, 0.25) is 0 Å². The molecule has 1 heterocycles. The van der Waals surface area contributed by atoms with Crippen molar-refractivity contribution in [1.82, 2.24) is 15.5 Å². The van der Waals surface area contributed by atoms with E-state index in [1.54, 1.807) is 7.11 Å². The summed E-state index contributed by atoms with van der Waals surface area (Å²) in [5, 5.41) is 7.67. The van der Waals surface area contributed by atoms with E-state index in [0.29, 0.717) is 12.1 Å². The Labute approximate surface area is 179 Å². The lowest BCUT2D eigenvalue weighted by Crippen LogP contribution is -2.50. The molecule has 0 aromatic heterocycles. The van der Waals surface area contributed by atoms with Crippen molar-refractivity contribution in [3.05, 3.63) is 28.8 Å². The van der Waals surface area contributed by atoms with Crippen LogP contribution in [0.15, 0.2) is 23.2 Å². The molecule has 0 radical (unpaired) electrons. The zero-order valence-corrected chi connectivity index (χ0v) is 19.3. The van der Waals surface area contributed by atoms with Gasteiger partial charge in [-0.2, -0.15) is 0 Å². The van der Waals surface area contributed by atoms with Crippen molar-refractivity contribution < 1.29 is 4.74 Å². The zero-order chi connectivity index (χ0) is 18.2. The summed E-state index contributed by atoms with van der Waals surface area (Å²) in [7, 11) is 3.47. The van der Waals surface area contributed by atoms with E-state index in [0.717, 1.165) is 61.2 Å². The van der Waals surface area contributed by atoms with Crippen molar-refractivity contribution in [2.75, 3.05) is 33.8 Å². The first-order valence-corrected chi connectivity index (χ1v) is 9.45. The Bertz CT molecular complexity index is 575. The van der Waals surface area contributed by atoms with Crippen molar-refractivity contribution >= 4 is 41.5 Å². The molecule has 1 aromatic carbocycles. The third-order valence-electron chi connectivity index (χ3n) is 4.77. The fraction of sp³-hybridized carbons (Fsp3) is 0.632. The van der Waals surface area contributed by atoms with Gasteiger partial charge in [-0.3, -0.25) is 4.99 Å². The van der Waals surface area contributed by atoms with E-state index in [2.05, 4.69) is 34.4 Å². The summed E-state index contributed by atoms with van der Waals surface area (Å²) in [6.07, 6.45) is 3.15. The number of halogens is 2. The number of rotatable bonds is 6. The highest BCUT2D eigenvalue weighted by Gasteiger charge is 2.21. The maximum absolute atomic E-state index is 6.29. The minimum atomic E-state index is 0. The van der Waals surface area contributed by atoms with Gasteiger partial charge in [-0.25, -0.2) is 0 Å². The molecule has 1 saturated heterocycles. The van der Waals surface area contributed by atoms with Crippen LogP contribution < -0.4 is 15.4 Å². The van der Waals surface area contributed by atoms with Gasteiger partial charge in [-0.05, 0) is 50.8 Å². The predicted molar refractivity (Wildman–Crippen MR) is 121 cm³/mol. The molecule has 0 bridgehead atoms. The number of likely N-dealkylation sites (tertiary alicyclic amines) is 1. The van der Waals surface area contributed by atoms with Crippen LogP contribution in [-0.4, -0.2) is 56.7 Å². The molecule has 1 aliphatic heterocycles. The van der Waals surface area contributed by atoms with Gasteiger partial charge in [-0.15, -0.1) is 24.0 Å². The molecular weight excluding hydrogens is 463 g/mol. The highest BCUT2D eigenvalue weighted by molar-refractivity contribution is 14.0. The Morgan fingerprint density at radius 1 is 1.35 bits per heavy atom. The van der Waals surface area contributed by atoms with Crippen LogP contribution in [0.4, 0.5) is 0 Å². The summed E-state index contributed by atoms with van der Waals surface area (Å²) in [6, 6.07) is 6.93. The lowest BCUT2D eigenvalue weighted by Gasteiger charge is -2.35. The largest absolute Gasteiger partial charge is 0.497 e. The molecule has 7 heteroatoms. The molecule has 0 atom stereocenters. The third-order valence-corrected chi connectivity index (χ3v) is 5.12. The first-order chi connectivity index (χ1) is 12.0. The van der Waals surface area contributed by atoms with E-state index in [4.69, 9.17) is 16.3 Å². The second kappa shape index (κ2) is 11.9. The minimum absolute atomic E-state index is 0. The molecule has 1 aromatic rings. The topological polar surface area (TPSA) is 48.9 Å². The van der Waals surface area contributed by atoms with Gasteiger partial charge in [-0.1, -0.05) is 17.7 Å². The quantitative estimate of drug-likeness (QED) is 0.361. The Kier molecular flexibility index (Phi) is 10.6. The van der Waals surface area contributed by atoms with Crippen LogP contribution in [0.3, 0.4) is 0 Å². The molecule has 26 heavy (non-hydrogen) atoms. The van der Waals surface area contributed by atoms with Gasteiger partial charge >= 0.3 is 0 Å². The number of benzene rings is 1. The maximum Gasteiger partial charge on any atom is 0.191 e. The molecule has 0 amide bonds. The molecule has 2 N–H and O–H groups in total. The van der Waals surface area contributed by atoms with Crippen LogP contribution in [-0.2, 0) is 6.42 Å². The van der Waals surface area contributed by atoms with Gasteiger partial charge in [0.1, 0.15) is 5.75 Å². The fourth-order valence-corrected chi connectivity index (χ4v) is 3.39. The summed E-state index contributed by atoms with van der Waals surface area (Å²) in [6.45, 7) is 7.61. The van der Waals surface area contributed by atoms with Crippen molar-refractivity contribution in [2.24, 2.45) is 4.99 Å². The maximum atomic E-state index is 6.29. The molecule has 148 valence electrons. The van der Waals surface area contributed by atoms with Crippen LogP contribution in [0.2, 0.25) is 5.02 Å². The minimum Gasteiger partial charge on any atom is -0.497 e. The van der Waals surface area contributed by atoms with Crippen LogP contribution in [0, 0.1) is 0 Å². The first kappa shape index (κ1) is 23.3. The smallest absolute Gasteiger partial charge is 0.191 e. The van der Waals surface area contributed by atoms with Crippen molar-refractivity contribution in [3.8, 4) is 5.75 Å². The summed E-state index contributed by atoms with van der Waals surface area (Å²) < 4.78 is 5.18.